The van der Waals surface area contributed by atoms with Gasteiger partial charge in [0.15, 0.2) is 0 Å². The zero-order chi connectivity index (χ0) is 21.3. The van der Waals surface area contributed by atoms with Crippen molar-refractivity contribution in [3.8, 4) is 0 Å². The van der Waals surface area contributed by atoms with Gasteiger partial charge in [0, 0.05) is 0 Å². The fourth-order valence-corrected chi connectivity index (χ4v) is 12.6. The van der Waals surface area contributed by atoms with Gasteiger partial charge < -0.3 is 0 Å². The summed E-state index contributed by atoms with van der Waals surface area (Å²) in [6, 6.07) is 0. The fraction of sp³-hybridized carbons (Fsp3) is 0.700. The minimum atomic E-state index is -2.56. The summed E-state index contributed by atoms with van der Waals surface area (Å²) in [4.78, 5) is 18.0. The first-order valence-electron chi connectivity index (χ1n) is 10.5. The average Bonchev–Trinajstić information content (AvgIpc) is 3.27. The van der Waals surface area contributed by atoms with E-state index in [1.54, 1.807) is 23.9 Å². The molecule has 0 N–H and O–H groups in total. The van der Waals surface area contributed by atoms with Crippen molar-refractivity contribution in [2.24, 2.45) is 4.36 Å². The van der Waals surface area contributed by atoms with Crippen molar-refractivity contribution in [2.45, 2.75) is 82.0 Å². The van der Waals surface area contributed by atoms with Gasteiger partial charge in [0.05, 0.1) is 0 Å². The third kappa shape index (κ3) is 6.89. The van der Waals surface area contributed by atoms with E-state index in [9.17, 15) is 13.2 Å². The molecule has 2 aromatic rings. The van der Waals surface area contributed by atoms with E-state index in [-0.39, 0.29) is 12.3 Å². The predicted molar refractivity (Wildman–Crippen MR) is 120 cm³/mol. The van der Waals surface area contributed by atoms with Crippen LogP contribution in [0, 0.1) is 0 Å². The Morgan fingerprint density at radius 3 is 2.24 bits per heavy atom. The molecular weight excluding hydrogens is 513 g/mol. The fourth-order valence-electron chi connectivity index (χ4n) is 3.67. The van der Waals surface area contributed by atoms with Gasteiger partial charge in [-0.2, -0.15) is 0 Å². The first-order chi connectivity index (χ1) is 14.0. The van der Waals surface area contributed by atoms with Crippen molar-refractivity contribution < 1.29 is 13.2 Å². The van der Waals surface area contributed by atoms with Crippen molar-refractivity contribution in [2.75, 3.05) is 6.54 Å². The van der Waals surface area contributed by atoms with E-state index in [0.29, 0.717) is 9.12 Å². The van der Waals surface area contributed by atoms with E-state index in [1.165, 1.54) is 60.7 Å². The number of nitrogens with zero attached hydrogens (tertiary/aromatic N) is 3. The first-order valence-corrected chi connectivity index (χ1v) is 15.2. The maximum atomic E-state index is 12.9. The topological polar surface area (TPSA) is 80.9 Å². The van der Waals surface area contributed by atoms with Crippen LogP contribution >= 0.6 is 11.3 Å². The normalized spacial score (nSPS) is 11.8. The van der Waals surface area contributed by atoms with Gasteiger partial charge in [-0.05, 0) is 0 Å². The van der Waals surface area contributed by atoms with Crippen LogP contribution in [-0.2, 0) is 10.5 Å². The number of rotatable bonds is 14. The summed E-state index contributed by atoms with van der Waals surface area (Å²) < 4.78 is 28.5. The molecule has 0 fully saturated rings. The molecule has 2 heterocycles. The number of hydrogen-bond acceptors (Lipinski definition) is 6. The van der Waals surface area contributed by atoms with Crippen molar-refractivity contribution in [1.29, 1.82) is 0 Å². The molecule has 0 spiro atoms. The molecule has 9 heteroatoms. The second-order valence-corrected chi connectivity index (χ2v) is 15.5. The molecule has 2 radical (unpaired) electrons. The summed E-state index contributed by atoms with van der Waals surface area (Å²) in [5.74, 6) is -0.218. The molecule has 0 bridgehead atoms. The zero-order valence-corrected chi connectivity index (χ0v) is 22.1. The SMILES string of the molecule is CCCC[C](CCCC)(CCCC)[Sn][c]1sc2cncn2c1C(=O)CN=S(=O)=O. The number of imidazole rings is 1. The Labute approximate surface area is 189 Å². The maximum absolute atomic E-state index is 12.9. The Morgan fingerprint density at radius 1 is 1.14 bits per heavy atom. The van der Waals surface area contributed by atoms with Crippen LogP contribution < -0.4 is 2.89 Å². The van der Waals surface area contributed by atoms with Gasteiger partial charge in [-0.25, -0.2) is 0 Å². The molecule has 0 aliphatic rings. The molecular formula is C20H31N3O3S2Sn. The van der Waals surface area contributed by atoms with E-state index in [0.717, 1.165) is 4.83 Å². The predicted octanol–water partition coefficient (Wildman–Crippen LogP) is 4.70. The second-order valence-electron chi connectivity index (χ2n) is 7.53. The molecule has 0 saturated carbocycles. The minimum absolute atomic E-state index is 0.218. The van der Waals surface area contributed by atoms with Gasteiger partial charge in [-0.3, -0.25) is 0 Å². The zero-order valence-electron chi connectivity index (χ0n) is 17.6. The Morgan fingerprint density at radius 2 is 1.72 bits per heavy atom. The Balaban J connectivity index is 2.45. The van der Waals surface area contributed by atoms with Crippen LogP contribution in [0.3, 0.4) is 0 Å². The van der Waals surface area contributed by atoms with Crippen molar-refractivity contribution in [3.63, 3.8) is 0 Å². The van der Waals surface area contributed by atoms with Crippen LogP contribution in [0.5, 0.6) is 0 Å². The van der Waals surface area contributed by atoms with Crippen LogP contribution in [0.1, 0.15) is 89.0 Å². The third-order valence-corrected chi connectivity index (χ3v) is 13.0. The molecule has 0 aliphatic carbocycles. The van der Waals surface area contributed by atoms with E-state index in [1.807, 2.05) is 4.40 Å². The number of carbonyl (C=O) groups is 1. The second kappa shape index (κ2) is 12.2. The van der Waals surface area contributed by atoms with Gasteiger partial charge in [-0.15, -0.1) is 0 Å². The molecule has 160 valence electrons. The molecule has 6 nitrogen and oxygen atoms in total. The third-order valence-electron chi connectivity index (χ3n) is 5.25. The van der Waals surface area contributed by atoms with Crippen molar-refractivity contribution in [1.82, 2.24) is 9.38 Å². The van der Waals surface area contributed by atoms with Crippen LogP contribution in [0.25, 0.3) is 4.83 Å². The van der Waals surface area contributed by atoms with E-state index in [2.05, 4.69) is 30.1 Å². The van der Waals surface area contributed by atoms with Crippen LogP contribution in [-0.4, -0.2) is 51.3 Å². The number of aromatic nitrogens is 2. The van der Waals surface area contributed by atoms with Gasteiger partial charge >= 0.3 is 190 Å². The van der Waals surface area contributed by atoms with Crippen molar-refractivity contribution >= 4 is 56.5 Å². The summed E-state index contributed by atoms with van der Waals surface area (Å²) >= 11 is 0.569. The molecule has 0 amide bonds. The van der Waals surface area contributed by atoms with Crippen LogP contribution in [0.15, 0.2) is 16.9 Å². The quantitative estimate of drug-likeness (QED) is 0.255. The van der Waals surface area contributed by atoms with Gasteiger partial charge in [-0.1, -0.05) is 0 Å². The molecule has 0 saturated heterocycles. The number of unbranched alkanes of at least 4 members (excludes halogenated alkanes) is 3. The molecule has 0 aliphatic heterocycles. The van der Waals surface area contributed by atoms with E-state index in [4.69, 9.17) is 0 Å². The first kappa shape index (κ1) is 24.5. The number of thiazole rings is 1. The number of fused-ring (bicyclic) bond motifs is 1. The summed E-state index contributed by atoms with van der Waals surface area (Å²) in [6.45, 7) is 6.42. The average molecular weight is 544 g/mol. The summed E-state index contributed by atoms with van der Waals surface area (Å²) in [7, 11) is -2.56. The molecule has 29 heavy (non-hydrogen) atoms. The summed E-state index contributed by atoms with van der Waals surface area (Å²) in [5.41, 5.74) is 0.636. The molecule has 2 aromatic heterocycles. The summed E-state index contributed by atoms with van der Waals surface area (Å²) in [6.07, 6.45) is 14.4. The van der Waals surface area contributed by atoms with E-state index >= 15 is 0 Å². The van der Waals surface area contributed by atoms with Crippen LogP contribution in [0.4, 0.5) is 0 Å². The standard InChI is InChI=1S/C13H27.C7H4N3O3S2.Sn/c1-4-7-10-13(11-8-5-2)12-9-6-3;11-6(1-9-15(12)13)5-3-14-7-2-8-4-10(5)7;/h4-12H2,1-3H3;2,4H,1H2;. The van der Waals surface area contributed by atoms with Crippen LogP contribution in [0.2, 0.25) is 3.43 Å². The number of hydrogen-bond donors (Lipinski definition) is 0. The number of carbonyl (C=O) groups excluding carboxylic acids is 1. The Hall–Kier alpha value is -0.741. The van der Waals surface area contributed by atoms with Gasteiger partial charge in [0.1, 0.15) is 0 Å². The number of Topliss-reactive ketones (excluding diaryl/α,β-unsaturated/α-hetero) is 1. The molecule has 0 unspecified atom stereocenters. The van der Waals surface area contributed by atoms with Gasteiger partial charge in [0.25, 0.3) is 0 Å². The Kier molecular flexibility index (Phi) is 10.3. The molecule has 2 rings (SSSR count). The van der Waals surface area contributed by atoms with Crippen molar-refractivity contribution in [3.05, 3.63) is 18.2 Å². The molecule has 0 aromatic carbocycles. The monoisotopic (exact) mass is 545 g/mol. The van der Waals surface area contributed by atoms with E-state index < -0.39 is 31.6 Å². The summed E-state index contributed by atoms with van der Waals surface area (Å²) in [5, 5.41) is 0. The van der Waals surface area contributed by atoms with Gasteiger partial charge in [0.2, 0.25) is 0 Å². The Bertz CT molecular complexity index is 904. The molecule has 0 atom stereocenters. The number of ketones is 1.